The molecule has 2 aliphatic rings. The number of Topliss-reactive ketones (excluding diaryl/α,β-unsaturated/α-hetero) is 1. The number of nitrogens with two attached hydrogens (primary N) is 2. The topological polar surface area (TPSA) is 140 Å². The maximum absolute atomic E-state index is 11.5. The van der Waals surface area contributed by atoms with Crippen LogP contribution in [0.15, 0.2) is 15.1 Å². The summed E-state index contributed by atoms with van der Waals surface area (Å²) in [5, 5.41) is 10.2. The molecule has 0 saturated carbocycles. The normalized spacial score (nSPS) is 17.3. The van der Waals surface area contributed by atoms with Crippen LogP contribution in [0, 0.1) is 0 Å². The fourth-order valence-corrected chi connectivity index (χ4v) is 2.79. The van der Waals surface area contributed by atoms with Crippen molar-refractivity contribution in [2.45, 2.75) is 46.0 Å². The molecular weight excluding hydrogens is 336 g/mol. The third-order valence-corrected chi connectivity index (χ3v) is 4.28. The number of rotatable bonds is 9. The first kappa shape index (κ1) is 19.9. The van der Waals surface area contributed by atoms with Crippen molar-refractivity contribution in [3.05, 3.63) is 0 Å². The molecule has 2 rings (SSSR count). The van der Waals surface area contributed by atoms with E-state index >= 15 is 0 Å². The Morgan fingerprint density at radius 3 is 2.12 bits per heavy atom. The average Bonchev–Trinajstić information content (AvgIpc) is 3.33. The monoisotopic (exact) mass is 366 g/mol. The van der Waals surface area contributed by atoms with Crippen LogP contribution in [-0.4, -0.2) is 64.8 Å². The van der Waals surface area contributed by atoms with E-state index in [-0.39, 0.29) is 5.78 Å². The molecule has 0 radical (unpaired) electrons. The van der Waals surface area contributed by atoms with E-state index in [2.05, 4.69) is 27.8 Å². The summed E-state index contributed by atoms with van der Waals surface area (Å²) in [6.45, 7) is 6.47. The second-order valence-electron chi connectivity index (χ2n) is 5.98. The maximum atomic E-state index is 11.5. The number of carbonyl (C=O) groups excluding carboxylic acids is 1. The number of guanidine groups is 2. The quantitative estimate of drug-likeness (QED) is 0.239. The Kier molecular flexibility index (Phi) is 7.60. The third kappa shape index (κ3) is 4.82. The molecule has 0 saturated heterocycles. The van der Waals surface area contributed by atoms with Crippen LogP contribution in [0.4, 0.5) is 0 Å². The molecule has 2 heterocycles. The van der Waals surface area contributed by atoms with Gasteiger partial charge in [-0.3, -0.25) is 15.6 Å². The smallest absolute Gasteiger partial charge is 0.230 e. The standard InChI is InChI=1S/C15H30N10O/c1-3-12(6-5-7-13(26)4-2)22-25(23-10-8-18-14(23)20-16)24-11-9-19-15(24)21-17/h3-11,16-17H2,1-2H3,(H,18,20)(H,19,21). The molecule has 0 aromatic carbocycles. The lowest BCUT2D eigenvalue weighted by Gasteiger charge is -2.38. The molecule has 2 aliphatic heterocycles. The predicted octanol–water partition coefficient (Wildman–Crippen LogP) is -0.696. The number of ketones is 1. The van der Waals surface area contributed by atoms with E-state index in [0.717, 1.165) is 25.0 Å². The van der Waals surface area contributed by atoms with Crippen LogP contribution in [0.1, 0.15) is 46.0 Å². The molecule has 0 aromatic heterocycles. The minimum atomic E-state index is 0.278. The molecule has 11 heteroatoms. The average molecular weight is 366 g/mol. The Balaban J connectivity index is 2.17. The Hall–Kier alpha value is -2.40. The van der Waals surface area contributed by atoms with Crippen molar-refractivity contribution in [3.63, 3.8) is 0 Å². The molecule has 0 amide bonds. The molecule has 0 unspecified atom stereocenters. The lowest BCUT2D eigenvalue weighted by atomic mass is 10.1. The number of carbonyl (C=O) groups is 1. The van der Waals surface area contributed by atoms with Crippen LogP contribution in [0.25, 0.3) is 0 Å². The van der Waals surface area contributed by atoms with E-state index in [9.17, 15) is 4.79 Å². The Labute approximate surface area is 154 Å². The van der Waals surface area contributed by atoms with E-state index in [1.165, 1.54) is 0 Å². The zero-order chi connectivity index (χ0) is 18.9. The summed E-state index contributed by atoms with van der Waals surface area (Å²) >= 11 is 0. The number of hydrazine groups is 4. The summed E-state index contributed by atoms with van der Waals surface area (Å²) in [5.41, 5.74) is 6.21. The van der Waals surface area contributed by atoms with Gasteiger partial charge in [0.25, 0.3) is 0 Å². The summed E-state index contributed by atoms with van der Waals surface area (Å²) in [4.78, 5) is 20.2. The minimum Gasteiger partial charge on any atom is -0.300 e. The summed E-state index contributed by atoms with van der Waals surface area (Å²) in [6, 6.07) is 0. The minimum absolute atomic E-state index is 0.278. The summed E-state index contributed by atoms with van der Waals surface area (Å²) in [7, 11) is 0. The molecule has 146 valence electrons. The Morgan fingerprint density at radius 1 is 1.08 bits per heavy atom. The van der Waals surface area contributed by atoms with Gasteiger partial charge in [0.05, 0.1) is 26.2 Å². The van der Waals surface area contributed by atoms with Gasteiger partial charge in [-0.05, 0) is 19.3 Å². The van der Waals surface area contributed by atoms with E-state index in [0.29, 0.717) is 50.9 Å². The van der Waals surface area contributed by atoms with Crippen molar-refractivity contribution in [3.8, 4) is 0 Å². The van der Waals surface area contributed by atoms with Crippen LogP contribution in [-0.2, 0) is 4.79 Å². The van der Waals surface area contributed by atoms with E-state index < -0.39 is 0 Å². The predicted molar refractivity (Wildman–Crippen MR) is 101 cm³/mol. The lowest BCUT2D eigenvalue weighted by molar-refractivity contribution is -0.118. The van der Waals surface area contributed by atoms with E-state index in [4.69, 9.17) is 16.8 Å². The Bertz CT molecular complexity index is 543. The van der Waals surface area contributed by atoms with Gasteiger partial charge in [0.2, 0.25) is 11.9 Å². The third-order valence-electron chi connectivity index (χ3n) is 4.28. The largest absolute Gasteiger partial charge is 0.300 e. The number of hydrazone groups is 1. The maximum Gasteiger partial charge on any atom is 0.230 e. The lowest BCUT2D eigenvalue weighted by Crippen LogP contribution is -2.59. The first-order valence-corrected chi connectivity index (χ1v) is 9.09. The summed E-state index contributed by atoms with van der Waals surface area (Å²) in [5.74, 6) is 12.5. The van der Waals surface area contributed by atoms with Crippen LogP contribution >= 0.6 is 0 Å². The van der Waals surface area contributed by atoms with Crippen LogP contribution in [0.3, 0.4) is 0 Å². The van der Waals surface area contributed by atoms with Crippen molar-refractivity contribution in [2.24, 2.45) is 26.8 Å². The van der Waals surface area contributed by atoms with Gasteiger partial charge in [-0.15, -0.1) is 5.10 Å². The highest BCUT2D eigenvalue weighted by Gasteiger charge is 2.31. The first-order chi connectivity index (χ1) is 12.6. The highest BCUT2D eigenvalue weighted by Crippen LogP contribution is 2.15. The molecule has 0 aromatic rings. The fraction of sp³-hybridized carbons (Fsp3) is 0.733. The van der Waals surface area contributed by atoms with E-state index in [1.54, 1.807) is 5.23 Å². The number of hydrogen-bond acceptors (Lipinski definition) is 11. The highest BCUT2D eigenvalue weighted by atomic mass is 16.1. The molecule has 0 aliphatic carbocycles. The Morgan fingerprint density at radius 2 is 1.65 bits per heavy atom. The van der Waals surface area contributed by atoms with Crippen molar-refractivity contribution < 1.29 is 4.79 Å². The first-order valence-electron chi connectivity index (χ1n) is 9.09. The van der Waals surface area contributed by atoms with Gasteiger partial charge in [-0.2, -0.15) is 0 Å². The molecular formula is C15H30N10O. The second-order valence-corrected chi connectivity index (χ2v) is 5.98. The van der Waals surface area contributed by atoms with Crippen molar-refractivity contribution >= 4 is 23.4 Å². The number of nitrogens with zero attached hydrogens (tertiary/aromatic N) is 6. The molecule has 6 N–H and O–H groups in total. The van der Waals surface area contributed by atoms with Crippen LogP contribution in [0.2, 0.25) is 0 Å². The van der Waals surface area contributed by atoms with Gasteiger partial charge in [0.1, 0.15) is 5.78 Å². The molecule has 0 spiro atoms. The molecule has 11 nitrogen and oxygen atoms in total. The zero-order valence-corrected chi connectivity index (χ0v) is 15.6. The fourth-order valence-electron chi connectivity index (χ4n) is 2.79. The van der Waals surface area contributed by atoms with Gasteiger partial charge < -0.3 is 0 Å². The van der Waals surface area contributed by atoms with Crippen molar-refractivity contribution in [1.29, 1.82) is 0 Å². The van der Waals surface area contributed by atoms with Crippen LogP contribution in [0.5, 0.6) is 0 Å². The number of hydrogen-bond donors (Lipinski definition) is 4. The van der Waals surface area contributed by atoms with E-state index in [1.807, 2.05) is 16.9 Å². The number of aliphatic imine (C=N–C) groups is 2. The number of nitrogens with one attached hydrogen (secondary N) is 2. The highest BCUT2D eigenvalue weighted by molar-refractivity contribution is 5.86. The molecule has 0 fully saturated rings. The molecule has 0 atom stereocenters. The zero-order valence-electron chi connectivity index (χ0n) is 15.6. The van der Waals surface area contributed by atoms with Gasteiger partial charge in [0.15, 0.2) is 0 Å². The van der Waals surface area contributed by atoms with Crippen molar-refractivity contribution in [1.82, 2.24) is 26.1 Å². The SMILES string of the molecule is CCC(=O)CCCC(CC)=NN(N1CCN=C1NN)N1CCN=C1NN. The summed E-state index contributed by atoms with van der Waals surface area (Å²) in [6.07, 6.45) is 3.49. The van der Waals surface area contributed by atoms with Gasteiger partial charge >= 0.3 is 0 Å². The molecule has 0 bridgehead atoms. The van der Waals surface area contributed by atoms with Gasteiger partial charge in [-0.25, -0.2) is 31.7 Å². The second kappa shape index (κ2) is 9.92. The van der Waals surface area contributed by atoms with Gasteiger partial charge in [0, 0.05) is 18.6 Å². The van der Waals surface area contributed by atoms with Crippen molar-refractivity contribution in [2.75, 3.05) is 26.2 Å². The van der Waals surface area contributed by atoms with Crippen LogP contribution < -0.4 is 22.5 Å². The summed E-state index contributed by atoms with van der Waals surface area (Å²) < 4.78 is 0. The van der Waals surface area contributed by atoms with Gasteiger partial charge in [-0.1, -0.05) is 19.1 Å². The molecule has 26 heavy (non-hydrogen) atoms.